The van der Waals surface area contributed by atoms with Gasteiger partial charge in [-0.05, 0) is 35.4 Å². The molecule has 2 aromatic rings. The molecule has 9 heteroatoms. The molecule has 1 aliphatic rings. The van der Waals surface area contributed by atoms with Crippen molar-refractivity contribution in [2.24, 2.45) is 0 Å². The van der Waals surface area contributed by atoms with E-state index in [4.69, 9.17) is 4.74 Å². The molecule has 1 heterocycles. The number of carbonyl (C=O) groups is 2. The second kappa shape index (κ2) is 6.88. The average molecular weight is 386 g/mol. The largest absolute Gasteiger partial charge is 0.504 e. The molecule has 0 aromatic heterocycles. The lowest BCUT2D eigenvalue weighted by atomic mass is 10.0. The number of ether oxygens (including phenoxy) is 2. The summed E-state index contributed by atoms with van der Waals surface area (Å²) in [6.45, 7) is 0. The first-order chi connectivity index (χ1) is 13.2. The lowest BCUT2D eigenvalue weighted by molar-refractivity contribution is -0.134. The third-order valence-corrected chi connectivity index (χ3v) is 4.00. The van der Waals surface area contributed by atoms with Crippen molar-refractivity contribution >= 4 is 23.1 Å². The molecule has 0 aliphatic carbocycles. The highest BCUT2D eigenvalue weighted by atomic mass is 16.6. The molecule has 2 aromatic carbocycles. The molecule has 0 unspecified atom stereocenters. The van der Waals surface area contributed by atoms with Crippen LogP contribution in [-0.2, 0) is 19.1 Å². The van der Waals surface area contributed by atoms with Gasteiger partial charge in [0.15, 0.2) is 34.5 Å². The van der Waals surface area contributed by atoms with Crippen LogP contribution in [0, 0.1) is 0 Å². The molecule has 5 N–H and O–H groups in total. The normalized spacial score (nSPS) is 15.4. The standard InChI is InChI=1S/C19H14O9/c1-27-18(25)15(9-3-5-11(21)13(23)7-9)17-16(24)14(19(26)28-17)8-2-4-10(20)12(22)6-8/h2-7,20-24H,1H3. The van der Waals surface area contributed by atoms with Gasteiger partial charge in [0, 0.05) is 0 Å². The third-order valence-electron chi connectivity index (χ3n) is 4.00. The highest BCUT2D eigenvalue weighted by Crippen LogP contribution is 2.39. The number of hydrogen-bond acceptors (Lipinski definition) is 9. The summed E-state index contributed by atoms with van der Waals surface area (Å²) in [4.78, 5) is 24.6. The summed E-state index contributed by atoms with van der Waals surface area (Å²) in [6, 6.07) is 6.79. The lowest BCUT2D eigenvalue weighted by Crippen LogP contribution is -2.09. The van der Waals surface area contributed by atoms with Gasteiger partial charge in [-0.15, -0.1) is 0 Å². The first kappa shape index (κ1) is 18.6. The van der Waals surface area contributed by atoms with Gasteiger partial charge in [-0.2, -0.15) is 0 Å². The van der Waals surface area contributed by atoms with Crippen molar-refractivity contribution in [2.75, 3.05) is 7.11 Å². The fourth-order valence-corrected chi connectivity index (χ4v) is 2.63. The number of esters is 2. The molecular formula is C19H14O9. The van der Waals surface area contributed by atoms with Crippen LogP contribution in [0.4, 0.5) is 0 Å². The molecule has 0 atom stereocenters. The fourth-order valence-electron chi connectivity index (χ4n) is 2.63. The summed E-state index contributed by atoms with van der Waals surface area (Å²) in [7, 11) is 1.07. The van der Waals surface area contributed by atoms with Crippen molar-refractivity contribution in [3.63, 3.8) is 0 Å². The molecule has 3 rings (SSSR count). The minimum absolute atomic E-state index is 0.00584. The number of cyclic esters (lactones) is 1. The number of methoxy groups -OCH3 is 1. The number of aliphatic hydroxyl groups excluding tert-OH is 1. The molecule has 0 radical (unpaired) electrons. The van der Waals surface area contributed by atoms with E-state index in [2.05, 4.69) is 4.74 Å². The lowest BCUT2D eigenvalue weighted by Gasteiger charge is -2.10. The van der Waals surface area contributed by atoms with Gasteiger partial charge in [0.25, 0.3) is 0 Å². The van der Waals surface area contributed by atoms with Gasteiger partial charge in [-0.3, -0.25) is 0 Å². The Balaban J connectivity index is 2.24. The van der Waals surface area contributed by atoms with Gasteiger partial charge < -0.3 is 35.0 Å². The number of carbonyl (C=O) groups excluding carboxylic acids is 2. The predicted molar refractivity (Wildman–Crippen MR) is 94.1 cm³/mol. The highest BCUT2D eigenvalue weighted by molar-refractivity contribution is 6.25. The topological polar surface area (TPSA) is 154 Å². The Morgan fingerprint density at radius 1 is 0.893 bits per heavy atom. The minimum Gasteiger partial charge on any atom is -0.504 e. The van der Waals surface area contributed by atoms with Gasteiger partial charge in [0.1, 0.15) is 11.1 Å². The number of phenols is 4. The zero-order valence-corrected chi connectivity index (χ0v) is 14.3. The van der Waals surface area contributed by atoms with Crippen LogP contribution in [0.15, 0.2) is 47.9 Å². The molecule has 9 nitrogen and oxygen atoms in total. The maximum Gasteiger partial charge on any atom is 0.348 e. The Labute approximate surface area is 157 Å². The summed E-state index contributed by atoms with van der Waals surface area (Å²) >= 11 is 0. The van der Waals surface area contributed by atoms with E-state index >= 15 is 0 Å². The zero-order chi connectivity index (χ0) is 20.6. The second-order valence-corrected chi connectivity index (χ2v) is 5.72. The van der Waals surface area contributed by atoms with Crippen LogP contribution in [-0.4, -0.2) is 44.6 Å². The monoisotopic (exact) mass is 386 g/mol. The molecular weight excluding hydrogens is 372 g/mol. The molecule has 0 spiro atoms. The minimum atomic E-state index is -1.01. The predicted octanol–water partition coefficient (Wildman–Crippen LogP) is 1.92. The maximum atomic E-state index is 12.3. The summed E-state index contributed by atoms with van der Waals surface area (Å²) in [5.41, 5.74) is -0.687. The molecule has 28 heavy (non-hydrogen) atoms. The fraction of sp³-hybridized carbons (Fsp3) is 0.0526. The van der Waals surface area contributed by atoms with E-state index in [0.717, 1.165) is 31.4 Å². The molecule has 0 amide bonds. The Bertz CT molecular complexity index is 1060. The van der Waals surface area contributed by atoms with Crippen molar-refractivity contribution in [1.82, 2.24) is 0 Å². The van der Waals surface area contributed by atoms with Crippen molar-refractivity contribution in [2.45, 2.75) is 0 Å². The molecule has 0 fully saturated rings. The van der Waals surface area contributed by atoms with Gasteiger partial charge in [-0.25, -0.2) is 9.59 Å². The van der Waals surface area contributed by atoms with Gasteiger partial charge >= 0.3 is 11.9 Å². The zero-order valence-electron chi connectivity index (χ0n) is 14.3. The first-order valence-corrected chi connectivity index (χ1v) is 7.77. The quantitative estimate of drug-likeness (QED) is 0.302. The van der Waals surface area contributed by atoms with Gasteiger partial charge in [0.2, 0.25) is 0 Å². The Morgan fingerprint density at radius 3 is 2.07 bits per heavy atom. The Hall–Kier alpha value is -4.14. The molecule has 0 saturated heterocycles. The molecule has 0 bridgehead atoms. The van der Waals surface area contributed by atoms with Crippen LogP contribution in [0.5, 0.6) is 23.0 Å². The molecule has 1 aliphatic heterocycles. The second-order valence-electron chi connectivity index (χ2n) is 5.72. The highest BCUT2D eigenvalue weighted by Gasteiger charge is 2.36. The SMILES string of the molecule is COC(=O)C(=C1OC(=O)C(c2ccc(O)c(O)c2)=C1O)c1ccc(O)c(O)c1. The van der Waals surface area contributed by atoms with Gasteiger partial charge in [0.05, 0.1) is 7.11 Å². The maximum absolute atomic E-state index is 12.3. The third kappa shape index (κ3) is 3.05. The number of aromatic hydroxyl groups is 4. The molecule has 0 saturated carbocycles. The van der Waals surface area contributed by atoms with E-state index in [9.17, 15) is 35.1 Å². The number of phenolic OH excluding ortho intramolecular Hbond substituents is 4. The summed E-state index contributed by atoms with van der Waals surface area (Å²) in [6.07, 6.45) is 0. The van der Waals surface area contributed by atoms with E-state index in [0.29, 0.717) is 0 Å². The van der Waals surface area contributed by atoms with E-state index in [1.807, 2.05) is 0 Å². The first-order valence-electron chi connectivity index (χ1n) is 7.77. The average Bonchev–Trinajstić information content (AvgIpc) is 2.94. The van der Waals surface area contributed by atoms with Crippen molar-refractivity contribution in [3.05, 3.63) is 59.0 Å². The summed E-state index contributed by atoms with van der Waals surface area (Å²) in [5, 5.41) is 48.7. The number of aliphatic hydroxyl groups is 1. The van der Waals surface area contributed by atoms with E-state index in [1.165, 1.54) is 12.1 Å². The smallest absolute Gasteiger partial charge is 0.348 e. The Kier molecular flexibility index (Phi) is 4.58. The summed E-state index contributed by atoms with van der Waals surface area (Å²) < 4.78 is 9.72. The Morgan fingerprint density at radius 2 is 1.50 bits per heavy atom. The number of rotatable bonds is 3. The van der Waals surface area contributed by atoms with Crippen LogP contribution in [0.3, 0.4) is 0 Å². The number of benzene rings is 2. The van der Waals surface area contributed by atoms with Gasteiger partial charge in [-0.1, -0.05) is 12.1 Å². The van der Waals surface area contributed by atoms with Crippen molar-refractivity contribution in [1.29, 1.82) is 0 Å². The van der Waals surface area contributed by atoms with Crippen LogP contribution >= 0.6 is 0 Å². The van der Waals surface area contributed by atoms with E-state index in [1.54, 1.807) is 0 Å². The van der Waals surface area contributed by atoms with Crippen LogP contribution in [0.1, 0.15) is 11.1 Å². The van der Waals surface area contributed by atoms with E-state index < -0.39 is 46.5 Å². The summed E-state index contributed by atoms with van der Waals surface area (Å²) in [5.74, 6) is -5.17. The molecule has 144 valence electrons. The van der Waals surface area contributed by atoms with Crippen LogP contribution < -0.4 is 0 Å². The van der Waals surface area contributed by atoms with Crippen LogP contribution in [0.2, 0.25) is 0 Å². The van der Waals surface area contributed by atoms with Crippen molar-refractivity contribution in [3.8, 4) is 23.0 Å². The number of hydrogen-bond donors (Lipinski definition) is 5. The van der Waals surface area contributed by atoms with E-state index in [-0.39, 0.29) is 22.3 Å². The van der Waals surface area contributed by atoms with Crippen LogP contribution in [0.25, 0.3) is 11.1 Å². The van der Waals surface area contributed by atoms with Crippen molar-refractivity contribution < 1.29 is 44.6 Å².